The Morgan fingerprint density at radius 3 is 2.67 bits per heavy atom. The van der Waals surface area contributed by atoms with Crippen molar-refractivity contribution < 1.29 is 9.90 Å². The van der Waals surface area contributed by atoms with Gasteiger partial charge in [0.25, 0.3) is 0 Å². The zero-order valence-corrected chi connectivity index (χ0v) is 8.07. The average molecular weight is 247 g/mol. The van der Waals surface area contributed by atoms with E-state index < -0.39 is 5.97 Å². The van der Waals surface area contributed by atoms with Gasteiger partial charge in [0.15, 0.2) is 0 Å². The first-order valence-corrected chi connectivity index (χ1v) is 4.40. The molecule has 0 amide bonds. The molecule has 0 bridgehead atoms. The number of carboxylic acids is 1. The highest BCUT2D eigenvalue weighted by molar-refractivity contribution is 9.11. The van der Waals surface area contributed by atoms with Gasteiger partial charge in [-0.25, -0.2) is 4.79 Å². The Labute approximate surface area is 80.4 Å². The van der Waals surface area contributed by atoms with Gasteiger partial charge in [-0.2, -0.15) is 5.26 Å². The molecule has 0 radical (unpaired) electrons. The van der Waals surface area contributed by atoms with Crippen LogP contribution in [-0.4, -0.2) is 11.1 Å². The predicted octanol–water partition coefficient (Wildman–Crippen LogP) is 1.66. The van der Waals surface area contributed by atoms with Crippen LogP contribution in [0.4, 0.5) is 5.00 Å². The predicted molar refractivity (Wildman–Crippen MR) is 48.1 cm³/mol. The Bertz CT molecular complexity index is 380. The highest BCUT2D eigenvalue weighted by Gasteiger charge is 2.20. The maximum absolute atomic E-state index is 10.6. The summed E-state index contributed by atoms with van der Waals surface area (Å²) in [5.74, 6) is -1.15. The zero-order chi connectivity index (χ0) is 9.30. The van der Waals surface area contributed by atoms with E-state index in [0.717, 1.165) is 11.3 Å². The van der Waals surface area contributed by atoms with E-state index in [1.54, 1.807) is 6.07 Å². The van der Waals surface area contributed by atoms with Gasteiger partial charge in [0, 0.05) is 0 Å². The van der Waals surface area contributed by atoms with E-state index in [9.17, 15) is 4.79 Å². The Kier molecular flexibility index (Phi) is 2.35. The third kappa shape index (κ3) is 1.29. The summed E-state index contributed by atoms with van der Waals surface area (Å²) in [7, 11) is 0. The molecule has 0 saturated carbocycles. The van der Waals surface area contributed by atoms with Gasteiger partial charge in [0.2, 0.25) is 0 Å². The third-order valence-electron chi connectivity index (χ3n) is 1.22. The number of rotatable bonds is 1. The molecule has 0 fully saturated rings. The minimum Gasteiger partial charge on any atom is -0.478 e. The van der Waals surface area contributed by atoms with Crippen molar-refractivity contribution in [3.05, 3.63) is 14.9 Å². The Morgan fingerprint density at radius 1 is 1.75 bits per heavy atom. The summed E-state index contributed by atoms with van der Waals surface area (Å²) in [4.78, 5) is 10.6. The first-order chi connectivity index (χ1) is 5.57. The molecule has 0 saturated heterocycles. The van der Waals surface area contributed by atoms with Crippen molar-refractivity contribution in [1.29, 1.82) is 5.26 Å². The van der Waals surface area contributed by atoms with Crippen molar-refractivity contribution in [3.8, 4) is 6.07 Å². The number of carbonyl (C=O) groups is 1. The molecule has 1 heterocycles. The number of nitrogens with zero attached hydrogens (tertiary/aromatic N) is 1. The van der Waals surface area contributed by atoms with Crippen LogP contribution in [0.5, 0.6) is 0 Å². The maximum Gasteiger partial charge on any atom is 0.339 e. The van der Waals surface area contributed by atoms with Crippen LogP contribution in [0.1, 0.15) is 15.9 Å². The molecule has 0 unspecified atom stereocenters. The van der Waals surface area contributed by atoms with E-state index >= 15 is 0 Å². The molecule has 3 N–H and O–H groups in total. The van der Waals surface area contributed by atoms with Crippen LogP contribution in [0, 0.1) is 11.3 Å². The Balaban J connectivity index is 3.45. The van der Waals surface area contributed by atoms with E-state index in [2.05, 4.69) is 15.9 Å². The molecule has 1 aromatic heterocycles. The normalized spacial score (nSPS) is 9.33. The number of nitriles is 1. The van der Waals surface area contributed by atoms with Crippen LogP contribution in [0.25, 0.3) is 0 Å². The smallest absolute Gasteiger partial charge is 0.339 e. The number of carboxylic acid groups (broad SMARTS) is 1. The molecule has 0 atom stereocenters. The second kappa shape index (κ2) is 3.13. The monoisotopic (exact) mass is 246 g/mol. The van der Waals surface area contributed by atoms with Gasteiger partial charge in [-0.15, -0.1) is 11.3 Å². The fraction of sp³-hybridized carbons (Fsp3) is 0. The molecule has 0 aliphatic carbocycles. The van der Waals surface area contributed by atoms with E-state index in [0.29, 0.717) is 3.79 Å². The van der Waals surface area contributed by atoms with Crippen LogP contribution in [0.3, 0.4) is 0 Å². The summed E-state index contributed by atoms with van der Waals surface area (Å²) in [6, 6.07) is 1.74. The molecule has 1 rings (SSSR count). The number of halogens is 1. The number of hydrogen-bond acceptors (Lipinski definition) is 4. The minimum absolute atomic E-state index is 0.0272. The lowest BCUT2D eigenvalue weighted by Crippen LogP contribution is -1.98. The number of aromatic carboxylic acids is 1. The lowest BCUT2D eigenvalue weighted by atomic mass is 10.2. The zero-order valence-electron chi connectivity index (χ0n) is 5.67. The highest BCUT2D eigenvalue weighted by Crippen LogP contribution is 2.34. The van der Waals surface area contributed by atoms with Crippen molar-refractivity contribution in [2.24, 2.45) is 0 Å². The third-order valence-corrected chi connectivity index (χ3v) is 2.91. The molecular formula is C6H3BrN2O2S. The van der Waals surface area contributed by atoms with Gasteiger partial charge in [-0.3, -0.25) is 0 Å². The number of nitrogens with two attached hydrogens (primary N) is 1. The van der Waals surface area contributed by atoms with Gasteiger partial charge in [-0.1, -0.05) is 0 Å². The van der Waals surface area contributed by atoms with Crippen LogP contribution in [-0.2, 0) is 0 Å². The second-order valence-corrected chi connectivity index (χ2v) is 4.28. The number of nitrogen functional groups attached to an aromatic ring is 1. The average Bonchev–Trinajstić information content (AvgIpc) is 2.24. The molecular weight excluding hydrogens is 244 g/mol. The molecule has 0 spiro atoms. The molecule has 0 aliphatic rings. The summed E-state index contributed by atoms with van der Waals surface area (Å²) < 4.78 is 0.379. The number of hydrogen-bond donors (Lipinski definition) is 2. The molecule has 6 heteroatoms. The number of thiophene rings is 1. The SMILES string of the molecule is N#Cc1c(N)sc(Br)c1C(=O)O. The lowest BCUT2D eigenvalue weighted by Gasteiger charge is -1.89. The van der Waals surface area contributed by atoms with Crippen molar-refractivity contribution in [1.82, 2.24) is 0 Å². The largest absolute Gasteiger partial charge is 0.478 e. The molecule has 0 aliphatic heterocycles. The van der Waals surface area contributed by atoms with Crippen LogP contribution < -0.4 is 5.73 Å². The summed E-state index contributed by atoms with van der Waals surface area (Å²) in [5.41, 5.74) is 5.36. The van der Waals surface area contributed by atoms with Gasteiger partial charge in [0.1, 0.15) is 22.2 Å². The first kappa shape index (κ1) is 9.03. The van der Waals surface area contributed by atoms with Gasteiger partial charge >= 0.3 is 5.97 Å². The van der Waals surface area contributed by atoms with Crippen LogP contribution >= 0.6 is 27.3 Å². The van der Waals surface area contributed by atoms with Crippen molar-refractivity contribution >= 4 is 38.2 Å². The summed E-state index contributed by atoms with van der Waals surface area (Å²) in [6.45, 7) is 0. The summed E-state index contributed by atoms with van der Waals surface area (Å²) >= 11 is 4.06. The molecule has 12 heavy (non-hydrogen) atoms. The van der Waals surface area contributed by atoms with E-state index in [-0.39, 0.29) is 16.1 Å². The molecule has 4 nitrogen and oxygen atoms in total. The van der Waals surface area contributed by atoms with Crippen LogP contribution in [0.2, 0.25) is 0 Å². The standard InChI is InChI=1S/C6H3BrN2O2S/c7-4-3(6(10)11)2(1-8)5(9)12-4/h9H2,(H,10,11). The highest BCUT2D eigenvalue weighted by atomic mass is 79.9. The van der Waals surface area contributed by atoms with Crippen molar-refractivity contribution in [2.45, 2.75) is 0 Å². The Morgan fingerprint density at radius 2 is 2.33 bits per heavy atom. The topological polar surface area (TPSA) is 87.1 Å². The fourth-order valence-corrected chi connectivity index (χ4v) is 2.35. The molecule has 62 valence electrons. The van der Waals surface area contributed by atoms with Gasteiger partial charge in [0.05, 0.1) is 3.79 Å². The molecule has 0 aromatic carbocycles. The van der Waals surface area contributed by atoms with Gasteiger partial charge in [-0.05, 0) is 15.9 Å². The van der Waals surface area contributed by atoms with Crippen molar-refractivity contribution in [2.75, 3.05) is 5.73 Å². The Hall–Kier alpha value is -1.06. The lowest BCUT2D eigenvalue weighted by molar-refractivity contribution is 0.0696. The van der Waals surface area contributed by atoms with Gasteiger partial charge < -0.3 is 10.8 Å². The number of anilines is 1. The first-order valence-electron chi connectivity index (χ1n) is 2.79. The van der Waals surface area contributed by atoms with Crippen molar-refractivity contribution in [3.63, 3.8) is 0 Å². The van der Waals surface area contributed by atoms with E-state index in [4.69, 9.17) is 16.1 Å². The van der Waals surface area contributed by atoms with Crippen LogP contribution in [0.15, 0.2) is 3.79 Å². The minimum atomic E-state index is -1.15. The molecule has 1 aromatic rings. The van der Waals surface area contributed by atoms with E-state index in [1.165, 1.54) is 0 Å². The quantitative estimate of drug-likeness (QED) is 0.789. The summed E-state index contributed by atoms with van der Waals surface area (Å²) in [5, 5.41) is 17.4. The summed E-state index contributed by atoms with van der Waals surface area (Å²) in [6.07, 6.45) is 0. The maximum atomic E-state index is 10.6. The second-order valence-electron chi connectivity index (χ2n) is 1.91. The fourth-order valence-electron chi connectivity index (χ4n) is 0.722. The van der Waals surface area contributed by atoms with E-state index in [1.807, 2.05) is 0 Å².